The lowest BCUT2D eigenvalue weighted by Gasteiger charge is -2.36. The van der Waals surface area contributed by atoms with Crippen molar-refractivity contribution in [3.63, 3.8) is 0 Å². The predicted octanol–water partition coefficient (Wildman–Crippen LogP) is 11.7. The molecule has 20 heteroatoms. The van der Waals surface area contributed by atoms with Crippen LogP contribution < -0.4 is 20.4 Å². The molecule has 0 aliphatic carbocycles. The molecule has 426 valence electrons. The van der Waals surface area contributed by atoms with Gasteiger partial charge in [0.25, 0.3) is 0 Å². The first-order valence-electron chi connectivity index (χ1n) is 28.2. The van der Waals surface area contributed by atoms with Crippen LogP contribution in [-0.4, -0.2) is 106 Å². The SMILES string of the molecule is COC(=O)NC(C(=O)N1CCC[C@H]1c1nc2cc([C@H]3CC[C@H](c4cc5nc([C@@H]6CCCN6C(=O)[C@@H](NC(=O)OC)C(C)C)[nH]c5cc4F)N3c3cc(F)c(N4CCC(c5ccc6ccccc6c5)CC4)c(F)c3)c(F)cc2[nH]1)C(C)C. The summed E-state index contributed by atoms with van der Waals surface area (Å²) in [6.45, 7) is 8.96. The minimum absolute atomic E-state index is 0.0949. The number of likely N-dealkylation sites (tertiary alicyclic amines) is 2. The zero-order chi connectivity index (χ0) is 57.0. The van der Waals surface area contributed by atoms with E-state index in [1.807, 2.05) is 39.8 Å². The fourth-order valence-electron chi connectivity index (χ4n) is 13.0. The molecule has 4 aliphatic heterocycles. The molecule has 1 unspecified atom stereocenters. The van der Waals surface area contributed by atoms with Crippen LogP contribution in [-0.2, 0) is 19.1 Å². The number of hydrogen-bond acceptors (Lipinski definition) is 10. The number of anilines is 2. The largest absolute Gasteiger partial charge is 0.453 e. The van der Waals surface area contributed by atoms with Crippen LogP contribution in [0.1, 0.15) is 137 Å². The molecule has 5 aromatic carbocycles. The maximum Gasteiger partial charge on any atom is 0.407 e. The number of halogens is 4. The Kier molecular flexibility index (Phi) is 15.3. The number of aromatic amines is 2. The molecule has 81 heavy (non-hydrogen) atoms. The zero-order valence-electron chi connectivity index (χ0n) is 46.3. The normalized spacial score (nSPS) is 20.5. The van der Waals surface area contributed by atoms with E-state index in [-0.39, 0.29) is 64.9 Å². The topological polar surface area (TPSA) is 181 Å². The van der Waals surface area contributed by atoms with Crippen molar-refractivity contribution >= 4 is 68.2 Å². The summed E-state index contributed by atoms with van der Waals surface area (Å²) in [6.07, 6.45) is 2.89. The average Bonchev–Trinajstić information content (AvgIpc) is 4.20. The molecule has 2 aromatic heterocycles. The summed E-state index contributed by atoms with van der Waals surface area (Å²) >= 11 is 0. The van der Waals surface area contributed by atoms with Crippen molar-refractivity contribution in [1.82, 2.24) is 40.4 Å². The number of benzene rings is 5. The van der Waals surface area contributed by atoms with Gasteiger partial charge in [-0.05, 0) is 122 Å². The van der Waals surface area contributed by atoms with Gasteiger partial charge in [-0.15, -0.1) is 0 Å². The molecule has 4 N–H and O–H groups in total. The summed E-state index contributed by atoms with van der Waals surface area (Å²) in [7, 11) is 2.46. The number of methoxy groups -OCH3 is 2. The van der Waals surface area contributed by atoms with Crippen LogP contribution in [0.5, 0.6) is 0 Å². The molecule has 0 bridgehead atoms. The van der Waals surface area contributed by atoms with Crippen molar-refractivity contribution in [1.29, 1.82) is 0 Å². The molecular formula is C61H68F4N10O6. The van der Waals surface area contributed by atoms with Gasteiger partial charge in [-0.2, -0.15) is 0 Å². The second kappa shape index (κ2) is 22.6. The number of hydrogen-bond donors (Lipinski definition) is 4. The highest BCUT2D eigenvalue weighted by molar-refractivity contribution is 5.88. The molecule has 16 nitrogen and oxygen atoms in total. The number of H-pyrrole nitrogens is 2. The molecule has 4 amide bonds. The van der Waals surface area contributed by atoms with Gasteiger partial charge < -0.3 is 49.7 Å². The van der Waals surface area contributed by atoms with Gasteiger partial charge in [0.15, 0.2) is 11.6 Å². The van der Waals surface area contributed by atoms with Crippen LogP contribution in [0.2, 0.25) is 0 Å². The quantitative estimate of drug-likeness (QED) is 0.0811. The Balaban J connectivity index is 0.927. The van der Waals surface area contributed by atoms with Gasteiger partial charge in [-0.3, -0.25) is 9.59 Å². The Hall–Kier alpha value is -7.90. The van der Waals surface area contributed by atoms with Crippen LogP contribution in [0.4, 0.5) is 38.5 Å². The number of amides is 4. The van der Waals surface area contributed by atoms with E-state index in [1.165, 1.54) is 44.0 Å². The molecule has 6 heterocycles. The molecule has 11 rings (SSSR count). The van der Waals surface area contributed by atoms with Gasteiger partial charge in [0.05, 0.1) is 60.5 Å². The standard InChI is InChI=1S/C61H68F4N10O6/c1-32(2)53(70-60(78)80-5)58(76)73-21-9-13-51(73)56-66-45-28-39(41(62)30-47(45)68-56)49-17-18-50(40-29-46-48(31-42(40)63)69-57(67-46)52-14-10-22-74(52)59(77)54(33(3)4)71-61(79)81-6)75(49)38-26-43(64)55(44(65)27-38)72-23-19-35(20-24-72)37-16-15-34-11-7-8-12-36(34)25-37/h7-8,11-12,15-16,25-33,35,49-54H,9-10,13-14,17-24H2,1-6H3,(H,66,68)(H,67,69)(H,70,78)(H,71,79)/t49-,50-,51+,52+,53+,54?/m1/s1. The fourth-order valence-corrected chi connectivity index (χ4v) is 13.0. The van der Waals surface area contributed by atoms with Crippen molar-refractivity contribution < 1.29 is 46.2 Å². The van der Waals surface area contributed by atoms with Crippen LogP contribution in [0, 0.1) is 35.1 Å². The molecule has 6 atom stereocenters. The maximum atomic E-state index is 17.0. The van der Waals surface area contributed by atoms with Crippen molar-refractivity contribution in [3.05, 3.63) is 130 Å². The second-order valence-electron chi connectivity index (χ2n) is 22.8. The highest BCUT2D eigenvalue weighted by atomic mass is 19.1. The summed E-state index contributed by atoms with van der Waals surface area (Å²) in [5.41, 5.74) is 3.03. The van der Waals surface area contributed by atoms with Crippen LogP contribution >= 0.6 is 0 Å². The molecule has 0 radical (unpaired) electrons. The van der Waals surface area contributed by atoms with E-state index in [1.54, 1.807) is 31.7 Å². The van der Waals surface area contributed by atoms with Gasteiger partial charge in [0.2, 0.25) is 11.8 Å². The molecule has 0 spiro atoms. The molecule has 4 saturated heterocycles. The Bertz CT molecular complexity index is 3370. The van der Waals surface area contributed by atoms with E-state index in [2.05, 4.69) is 50.9 Å². The van der Waals surface area contributed by atoms with Gasteiger partial charge in [-0.1, -0.05) is 70.2 Å². The number of carbonyl (C=O) groups excluding carboxylic acids is 4. The van der Waals surface area contributed by atoms with E-state index in [0.717, 1.165) is 10.8 Å². The maximum absolute atomic E-state index is 17.0. The first-order chi connectivity index (χ1) is 39.0. The van der Waals surface area contributed by atoms with E-state index in [0.29, 0.717) is 98.4 Å². The number of fused-ring (bicyclic) bond motifs is 3. The Labute approximate surface area is 466 Å². The lowest BCUT2D eigenvalue weighted by molar-refractivity contribution is -0.136. The minimum atomic E-state index is -0.863. The van der Waals surface area contributed by atoms with Crippen LogP contribution in [0.3, 0.4) is 0 Å². The minimum Gasteiger partial charge on any atom is -0.453 e. The van der Waals surface area contributed by atoms with Crippen LogP contribution in [0.25, 0.3) is 32.8 Å². The van der Waals surface area contributed by atoms with E-state index < -0.39 is 71.7 Å². The first kappa shape index (κ1) is 55.0. The summed E-state index contributed by atoms with van der Waals surface area (Å²) in [4.78, 5) is 75.7. The number of aromatic nitrogens is 4. The lowest BCUT2D eigenvalue weighted by Crippen LogP contribution is -2.51. The zero-order valence-corrected chi connectivity index (χ0v) is 46.3. The van der Waals surface area contributed by atoms with Gasteiger partial charge in [-0.25, -0.2) is 37.1 Å². The molecule has 7 aromatic rings. The Morgan fingerprint density at radius 3 is 1.52 bits per heavy atom. The Morgan fingerprint density at radius 2 is 1.05 bits per heavy atom. The van der Waals surface area contributed by atoms with Gasteiger partial charge >= 0.3 is 12.2 Å². The summed E-state index contributed by atoms with van der Waals surface area (Å²) in [5.74, 6) is -2.86. The number of nitrogens with one attached hydrogen (secondary N) is 4. The van der Waals surface area contributed by atoms with Crippen molar-refractivity contribution in [3.8, 4) is 0 Å². The number of imidazole rings is 2. The third-order valence-electron chi connectivity index (χ3n) is 17.2. The third kappa shape index (κ3) is 10.6. The molecule has 4 aliphatic rings. The lowest BCUT2D eigenvalue weighted by atomic mass is 9.88. The first-order valence-corrected chi connectivity index (χ1v) is 28.2. The molecule has 4 fully saturated rings. The van der Waals surface area contributed by atoms with Crippen molar-refractivity contribution in [2.75, 3.05) is 50.2 Å². The second-order valence-corrected chi connectivity index (χ2v) is 22.8. The number of rotatable bonds is 13. The predicted molar refractivity (Wildman–Crippen MR) is 300 cm³/mol. The number of piperidine rings is 1. The van der Waals surface area contributed by atoms with E-state index in [4.69, 9.17) is 19.4 Å². The summed E-state index contributed by atoms with van der Waals surface area (Å²) in [6, 6.07) is 18.6. The summed E-state index contributed by atoms with van der Waals surface area (Å²) < 4.78 is 77.7. The number of alkyl carbamates (subject to hydrolysis) is 2. The number of ether oxygens (including phenoxy) is 2. The van der Waals surface area contributed by atoms with Crippen LogP contribution in [0.15, 0.2) is 78.9 Å². The van der Waals surface area contributed by atoms with Crippen molar-refractivity contribution in [2.45, 2.75) is 121 Å². The molecule has 0 saturated carbocycles. The smallest absolute Gasteiger partial charge is 0.407 e. The van der Waals surface area contributed by atoms with Crippen molar-refractivity contribution in [2.24, 2.45) is 11.8 Å². The van der Waals surface area contributed by atoms with Gasteiger partial charge in [0.1, 0.15) is 41.1 Å². The van der Waals surface area contributed by atoms with E-state index >= 15 is 17.6 Å². The Morgan fingerprint density at radius 1 is 0.568 bits per heavy atom. The van der Waals surface area contributed by atoms with E-state index in [9.17, 15) is 19.2 Å². The molecular weight excluding hydrogens is 1040 g/mol. The third-order valence-corrected chi connectivity index (χ3v) is 17.2. The fraction of sp³-hybridized carbons (Fsp3) is 0.443. The number of nitrogens with zero attached hydrogens (tertiary/aromatic N) is 6. The van der Waals surface area contributed by atoms with Gasteiger partial charge in [0, 0.05) is 43.0 Å². The monoisotopic (exact) mass is 1110 g/mol. The highest BCUT2D eigenvalue weighted by Gasteiger charge is 2.43. The highest BCUT2D eigenvalue weighted by Crippen LogP contribution is 2.50. The average molecular weight is 1110 g/mol. The summed E-state index contributed by atoms with van der Waals surface area (Å²) in [5, 5.41) is 7.60. The number of carbonyl (C=O) groups is 4.